The van der Waals surface area contributed by atoms with Gasteiger partial charge in [0, 0.05) is 44.2 Å². The van der Waals surface area contributed by atoms with E-state index in [1.54, 1.807) is 12.3 Å². The van der Waals surface area contributed by atoms with E-state index < -0.39 is 0 Å². The first kappa shape index (κ1) is 17.7. The number of carbonyl (C=O) groups is 1. The maximum absolute atomic E-state index is 14.0. The molecular weight excluding hydrogens is 341 g/mol. The van der Waals surface area contributed by atoms with Crippen molar-refractivity contribution in [3.8, 4) is 0 Å². The summed E-state index contributed by atoms with van der Waals surface area (Å²) in [6, 6.07) is 11.8. The number of nitrogens with zero attached hydrogens (tertiary/aromatic N) is 3. The number of hydrogen-bond donors (Lipinski definition) is 0. The van der Waals surface area contributed by atoms with Crippen LogP contribution in [0.5, 0.6) is 0 Å². The fraction of sp³-hybridized carbons (Fsp3) is 0.364. The molecule has 27 heavy (non-hydrogen) atoms. The van der Waals surface area contributed by atoms with Gasteiger partial charge in [-0.15, -0.1) is 0 Å². The highest BCUT2D eigenvalue weighted by atomic mass is 19.1. The molecule has 0 saturated carbocycles. The topological polar surface area (TPSA) is 36.4 Å². The summed E-state index contributed by atoms with van der Waals surface area (Å²) >= 11 is 0. The summed E-state index contributed by atoms with van der Waals surface area (Å²) in [5, 5.41) is 0. The number of hydrogen-bond acceptors (Lipinski definition) is 3. The molecule has 2 saturated heterocycles. The van der Waals surface area contributed by atoms with Crippen LogP contribution in [0.3, 0.4) is 0 Å². The lowest BCUT2D eigenvalue weighted by atomic mass is 9.77. The van der Waals surface area contributed by atoms with Crippen LogP contribution in [0.2, 0.25) is 0 Å². The molecule has 5 heteroatoms. The minimum atomic E-state index is -0.274. The number of rotatable bonds is 4. The van der Waals surface area contributed by atoms with E-state index >= 15 is 0 Å². The van der Waals surface area contributed by atoms with Gasteiger partial charge in [-0.2, -0.15) is 0 Å². The minimum Gasteiger partial charge on any atom is -0.369 e. The smallest absolute Gasteiger partial charge is 0.223 e. The van der Waals surface area contributed by atoms with Gasteiger partial charge in [0.15, 0.2) is 5.82 Å². The molecule has 1 aromatic heterocycles. The third kappa shape index (κ3) is 3.87. The second-order valence-electron chi connectivity index (χ2n) is 7.58. The molecule has 4 rings (SSSR count). The Morgan fingerprint density at radius 1 is 1.15 bits per heavy atom. The van der Waals surface area contributed by atoms with E-state index in [9.17, 15) is 9.18 Å². The van der Waals surface area contributed by atoms with E-state index in [0.717, 1.165) is 38.0 Å². The number of pyridine rings is 1. The summed E-state index contributed by atoms with van der Waals surface area (Å²) in [6.07, 6.45) is 9.46. The first-order valence-corrected chi connectivity index (χ1v) is 9.49. The number of amides is 1. The molecule has 3 heterocycles. The van der Waals surface area contributed by atoms with Gasteiger partial charge in [-0.05, 0) is 24.5 Å². The average Bonchev–Trinajstić information content (AvgIpc) is 2.99. The predicted molar refractivity (Wildman–Crippen MR) is 105 cm³/mol. The number of aromatic nitrogens is 1. The van der Waals surface area contributed by atoms with Crippen LogP contribution in [0.15, 0.2) is 54.9 Å². The highest BCUT2D eigenvalue weighted by Crippen LogP contribution is 2.42. The molecule has 0 atom stereocenters. The SMILES string of the molecule is O=C1CC2(CCN(c3ccncc3F)CC2)CN1C/C=C/c1ccccc1. The largest absolute Gasteiger partial charge is 0.369 e. The normalized spacial score (nSPS) is 19.4. The van der Waals surface area contributed by atoms with E-state index in [2.05, 4.69) is 34.2 Å². The molecule has 0 bridgehead atoms. The quantitative estimate of drug-likeness (QED) is 0.828. The molecule has 0 aliphatic carbocycles. The molecule has 0 N–H and O–H groups in total. The van der Waals surface area contributed by atoms with Crippen LogP contribution in [-0.2, 0) is 4.79 Å². The van der Waals surface area contributed by atoms with Crippen LogP contribution in [0, 0.1) is 11.2 Å². The third-order valence-corrected chi connectivity index (χ3v) is 5.76. The maximum Gasteiger partial charge on any atom is 0.223 e. The van der Waals surface area contributed by atoms with Gasteiger partial charge < -0.3 is 9.80 Å². The van der Waals surface area contributed by atoms with Gasteiger partial charge in [0.2, 0.25) is 5.91 Å². The molecule has 4 nitrogen and oxygen atoms in total. The zero-order chi connectivity index (χ0) is 18.7. The van der Waals surface area contributed by atoms with Crippen LogP contribution in [0.25, 0.3) is 6.08 Å². The molecule has 140 valence electrons. The molecule has 2 aromatic rings. The Morgan fingerprint density at radius 3 is 2.67 bits per heavy atom. The zero-order valence-corrected chi connectivity index (χ0v) is 15.4. The average molecular weight is 365 g/mol. The van der Waals surface area contributed by atoms with Crippen molar-refractivity contribution in [2.75, 3.05) is 31.1 Å². The molecule has 0 unspecified atom stereocenters. The molecule has 1 spiro atoms. The monoisotopic (exact) mass is 365 g/mol. The molecule has 2 aliphatic heterocycles. The van der Waals surface area contributed by atoms with Crippen LogP contribution < -0.4 is 4.90 Å². The fourth-order valence-electron chi connectivity index (χ4n) is 4.21. The second-order valence-corrected chi connectivity index (χ2v) is 7.58. The van der Waals surface area contributed by atoms with Gasteiger partial charge >= 0.3 is 0 Å². The highest BCUT2D eigenvalue weighted by Gasteiger charge is 2.44. The first-order valence-electron chi connectivity index (χ1n) is 9.49. The molecule has 1 aromatic carbocycles. The van der Waals surface area contributed by atoms with E-state index in [1.807, 2.05) is 23.1 Å². The summed E-state index contributed by atoms with van der Waals surface area (Å²) in [5.74, 6) is -0.0418. The van der Waals surface area contributed by atoms with Crippen molar-refractivity contribution in [2.45, 2.75) is 19.3 Å². The summed E-state index contributed by atoms with van der Waals surface area (Å²) in [7, 11) is 0. The third-order valence-electron chi connectivity index (χ3n) is 5.76. The Labute approximate surface area is 159 Å². The summed E-state index contributed by atoms with van der Waals surface area (Å²) in [5.41, 5.74) is 1.80. The van der Waals surface area contributed by atoms with Gasteiger partial charge in [0.25, 0.3) is 0 Å². The summed E-state index contributed by atoms with van der Waals surface area (Å²) in [4.78, 5) is 20.4. The Bertz CT molecular complexity index is 828. The zero-order valence-electron chi connectivity index (χ0n) is 15.4. The Balaban J connectivity index is 1.35. The Morgan fingerprint density at radius 2 is 1.93 bits per heavy atom. The van der Waals surface area contributed by atoms with Crippen molar-refractivity contribution in [2.24, 2.45) is 5.41 Å². The lowest BCUT2D eigenvalue weighted by Crippen LogP contribution is -2.42. The number of likely N-dealkylation sites (tertiary alicyclic amines) is 1. The lowest BCUT2D eigenvalue weighted by molar-refractivity contribution is -0.127. The van der Waals surface area contributed by atoms with E-state index in [4.69, 9.17) is 0 Å². The number of carbonyl (C=O) groups excluding carboxylic acids is 1. The number of piperidine rings is 1. The van der Waals surface area contributed by atoms with Crippen LogP contribution in [-0.4, -0.2) is 42.0 Å². The van der Waals surface area contributed by atoms with Crippen LogP contribution >= 0.6 is 0 Å². The molecule has 0 radical (unpaired) electrons. The van der Waals surface area contributed by atoms with Gasteiger partial charge in [0.05, 0.1) is 11.9 Å². The van der Waals surface area contributed by atoms with Crippen molar-refractivity contribution in [1.29, 1.82) is 0 Å². The van der Waals surface area contributed by atoms with Gasteiger partial charge in [0.1, 0.15) is 0 Å². The van der Waals surface area contributed by atoms with E-state index in [-0.39, 0.29) is 17.1 Å². The molecule has 1 amide bonds. The maximum atomic E-state index is 14.0. The Kier molecular flexibility index (Phi) is 4.92. The number of benzene rings is 1. The predicted octanol–water partition coefficient (Wildman–Crippen LogP) is 3.75. The van der Waals surface area contributed by atoms with Gasteiger partial charge in [-0.1, -0.05) is 42.5 Å². The summed E-state index contributed by atoms with van der Waals surface area (Å²) < 4.78 is 14.0. The minimum absolute atomic E-state index is 0.0394. The van der Waals surface area contributed by atoms with Crippen LogP contribution in [0.4, 0.5) is 10.1 Å². The number of halogens is 1. The van der Waals surface area contributed by atoms with Crippen molar-refractivity contribution in [3.63, 3.8) is 0 Å². The van der Waals surface area contributed by atoms with Gasteiger partial charge in [-0.25, -0.2) is 4.39 Å². The molecule has 2 aliphatic rings. The summed E-state index contributed by atoms with van der Waals surface area (Å²) in [6.45, 7) is 3.01. The van der Waals surface area contributed by atoms with Crippen molar-refractivity contribution in [1.82, 2.24) is 9.88 Å². The van der Waals surface area contributed by atoms with Gasteiger partial charge in [-0.3, -0.25) is 9.78 Å². The molecule has 2 fully saturated rings. The first-order chi connectivity index (χ1) is 13.2. The van der Waals surface area contributed by atoms with E-state index in [0.29, 0.717) is 18.7 Å². The standard InChI is InChI=1S/C22H24FN3O/c23-19-16-24-11-8-20(19)25-13-9-22(10-14-25)15-21(27)26(17-22)12-4-7-18-5-2-1-3-6-18/h1-8,11,16H,9-10,12-15,17H2/b7-4+. The van der Waals surface area contributed by atoms with Crippen molar-refractivity contribution < 1.29 is 9.18 Å². The van der Waals surface area contributed by atoms with Crippen LogP contribution in [0.1, 0.15) is 24.8 Å². The van der Waals surface area contributed by atoms with Crippen molar-refractivity contribution >= 4 is 17.7 Å². The lowest BCUT2D eigenvalue weighted by Gasteiger charge is -2.39. The highest BCUT2D eigenvalue weighted by molar-refractivity contribution is 5.80. The Hall–Kier alpha value is -2.69. The fourth-order valence-corrected chi connectivity index (χ4v) is 4.21. The van der Waals surface area contributed by atoms with E-state index in [1.165, 1.54) is 6.20 Å². The second kappa shape index (κ2) is 7.51. The number of anilines is 1. The molecular formula is C22H24FN3O. The van der Waals surface area contributed by atoms with Crippen molar-refractivity contribution in [3.05, 3.63) is 66.2 Å².